The Bertz CT molecular complexity index is 1050. The zero-order chi connectivity index (χ0) is 20.9. The van der Waals surface area contributed by atoms with E-state index in [1.807, 2.05) is 25.3 Å². The fraction of sp³-hybridized carbons (Fsp3) is 0.250. The van der Waals surface area contributed by atoms with Crippen molar-refractivity contribution in [2.45, 2.75) is 26.2 Å². The molecule has 0 spiro atoms. The lowest BCUT2D eigenvalue weighted by Gasteiger charge is -2.27. The van der Waals surface area contributed by atoms with Crippen molar-refractivity contribution in [1.82, 2.24) is 14.8 Å². The van der Waals surface area contributed by atoms with E-state index in [-0.39, 0.29) is 11.7 Å². The smallest absolute Gasteiger partial charge is 0.278 e. The van der Waals surface area contributed by atoms with Crippen LogP contribution in [0.4, 0.5) is 5.82 Å². The highest BCUT2D eigenvalue weighted by Gasteiger charge is 2.13. The molecule has 152 valence electrons. The summed E-state index contributed by atoms with van der Waals surface area (Å²) < 4.78 is 1.27. The average Bonchev–Trinajstić information content (AvgIpc) is 3.34. The predicted octanol–water partition coefficient (Wildman–Crippen LogP) is 4.24. The Kier molecular flexibility index (Phi) is 5.84. The van der Waals surface area contributed by atoms with Crippen molar-refractivity contribution in [3.05, 3.63) is 83.8 Å². The summed E-state index contributed by atoms with van der Waals surface area (Å²) in [7, 11) is 0. The number of nitrogens with zero attached hydrogens (tertiary/aromatic N) is 4. The van der Waals surface area contributed by atoms with Crippen LogP contribution < -0.4 is 4.90 Å². The third-order valence-electron chi connectivity index (χ3n) is 5.36. The molecular formula is C24H24N4O2. The Morgan fingerprint density at radius 2 is 1.63 bits per heavy atom. The molecule has 3 heterocycles. The first-order valence-corrected chi connectivity index (χ1v) is 10.2. The SMILES string of the molecule is CC(=CC(=O)c1ccc(C(=O)n2cccn2)cc1)c1ccc(N2CCCCC2)nc1. The zero-order valence-electron chi connectivity index (χ0n) is 17.0. The van der Waals surface area contributed by atoms with Gasteiger partial charge in [0.1, 0.15) is 5.82 Å². The first kappa shape index (κ1) is 19.8. The van der Waals surface area contributed by atoms with Crippen LogP contribution in [0.2, 0.25) is 0 Å². The van der Waals surface area contributed by atoms with Crippen molar-refractivity contribution >= 4 is 23.1 Å². The number of rotatable bonds is 5. The van der Waals surface area contributed by atoms with Gasteiger partial charge >= 0.3 is 0 Å². The molecule has 1 fully saturated rings. The van der Waals surface area contributed by atoms with E-state index in [1.165, 1.54) is 23.9 Å². The van der Waals surface area contributed by atoms with E-state index in [0.29, 0.717) is 11.1 Å². The highest BCUT2D eigenvalue weighted by atomic mass is 16.2. The van der Waals surface area contributed by atoms with Crippen LogP contribution in [0.1, 0.15) is 52.5 Å². The lowest BCUT2D eigenvalue weighted by molar-refractivity contribution is 0.0944. The molecule has 0 radical (unpaired) electrons. The molecule has 1 aromatic carbocycles. The molecule has 0 aliphatic carbocycles. The molecule has 1 aliphatic heterocycles. The van der Waals surface area contributed by atoms with E-state index in [4.69, 9.17) is 0 Å². The number of anilines is 1. The molecule has 0 saturated carbocycles. The summed E-state index contributed by atoms with van der Waals surface area (Å²) in [6.45, 7) is 4.02. The number of piperidine rings is 1. The Morgan fingerprint density at radius 3 is 2.27 bits per heavy atom. The summed E-state index contributed by atoms with van der Waals surface area (Å²) in [6.07, 6.45) is 10.3. The van der Waals surface area contributed by atoms with Gasteiger partial charge in [-0.2, -0.15) is 5.10 Å². The molecule has 6 nitrogen and oxygen atoms in total. The molecule has 6 heteroatoms. The number of allylic oxidation sites excluding steroid dienone is 2. The number of carbonyl (C=O) groups excluding carboxylic acids is 2. The van der Waals surface area contributed by atoms with Gasteiger partial charge in [0.15, 0.2) is 5.78 Å². The Labute approximate surface area is 175 Å². The van der Waals surface area contributed by atoms with Crippen LogP contribution >= 0.6 is 0 Å². The quantitative estimate of drug-likeness (QED) is 0.473. The minimum atomic E-state index is -0.231. The number of ketones is 1. The van der Waals surface area contributed by atoms with E-state index in [0.717, 1.165) is 30.0 Å². The summed E-state index contributed by atoms with van der Waals surface area (Å²) in [5.41, 5.74) is 2.79. The van der Waals surface area contributed by atoms with Crippen molar-refractivity contribution in [3.8, 4) is 0 Å². The van der Waals surface area contributed by atoms with Gasteiger partial charge in [-0.25, -0.2) is 9.67 Å². The van der Waals surface area contributed by atoms with Crippen molar-refractivity contribution < 1.29 is 9.59 Å². The molecule has 0 bridgehead atoms. The molecule has 30 heavy (non-hydrogen) atoms. The summed E-state index contributed by atoms with van der Waals surface area (Å²) in [5.74, 6) is 0.659. The first-order chi connectivity index (χ1) is 14.6. The Balaban J connectivity index is 1.44. The molecule has 2 aromatic heterocycles. The van der Waals surface area contributed by atoms with Gasteiger partial charge in [-0.05, 0) is 73.7 Å². The topological polar surface area (TPSA) is 68.1 Å². The third-order valence-corrected chi connectivity index (χ3v) is 5.36. The lowest BCUT2D eigenvalue weighted by Crippen LogP contribution is -2.30. The second kappa shape index (κ2) is 8.86. The van der Waals surface area contributed by atoms with Gasteiger partial charge < -0.3 is 4.90 Å². The molecule has 1 aliphatic rings. The van der Waals surface area contributed by atoms with E-state index >= 15 is 0 Å². The van der Waals surface area contributed by atoms with Crippen LogP contribution in [0.25, 0.3) is 5.57 Å². The second-order valence-corrected chi connectivity index (χ2v) is 7.48. The van der Waals surface area contributed by atoms with Crippen LogP contribution in [0.3, 0.4) is 0 Å². The van der Waals surface area contributed by atoms with Crippen LogP contribution in [0, 0.1) is 0 Å². The highest BCUT2D eigenvalue weighted by Crippen LogP contribution is 2.21. The Hall–Kier alpha value is -3.54. The van der Waals surface area contributed by atoms with Crippen LogP contribution in [0.15, 0.2) is 67.1 Å². The number of pyridine rings is 1. The average molecular weight is 400 g/mol. The summed E-state index contributed by atoms with van der Waals surface area (Å²) in [6, 6.07) is 12.4. The van der Waals surface area contributed by atoms with Crippen molar-refractivity contribution in [2.75, 3.05) is 18.0 Å². The normalized spacial score (nSPS) is 14.6. The molecule has 3 aromatic rings. The van der Waals surface area contributed by atoms with Crippen LogP contribution in [0.5, 0.6) is 0 Å². The molecule has 0 amide bonds. The Morgan fingerprint density at radius 1 is 0.933 bits per heavy atom. The zero-order valence-corrected chi connectivity index (χ0v) is 17.0. The van der Waals surface area contributed by atoms with Crippen molar-refractivity contribution in [1.29, 1.82) is 0 Å². The van der Waals surface area contributed by atoms with E-state index in [1.54, 1.807) is 48.8 Å². The van der Waals surface area contributed by atoms with E-state index < -0.39 is 0 Å². The van der Waals surface area contributed by atoms with Gasteiger partial charge in [-0.15, -0.1) is 0 Å². The van der Waals surface area contributed by atoms with Crippen LogP contribution in [-0.2, 0) is 0 Å². The number of hydrogen-bond acceptors (Lipinski definition) is 5. The number of hydrogen-bond donors (Lipinski definition) is 0. The molecule has 0 atom stereocenters. The molecule has 1 saturated heterocycles. The third kappa shape index (κ3) is 4.38. The summed E-state index contributed by atoms with van der Waals surface area (Å²) in [4.78, 5) is 31.8. The second-order valence-electron chi connectivity index (χ2n) is 7.48. The van der Waals surface area contributed by atoms with Gasteiger partial charge in [-0.3, -0.25) is 9.59 Å². The maximum atomic E-state index is 12.6. The maximum absolute atomic E-state index is 12.6. The maximum Gasteiger partial charge on any atom is 0.278 e. The van der Waals surface area contributed by atoms with E-state index in [2.05, 4.69) is 15.0 Å². The summed E-state index contributed by atoms with van der Waals surface area (Å²) >= 11 is 0. The van der Waals surface area contributed by atoms with Gasteiger partial charge in [0.2, 0.25) is 0 Å². The summed E-state index contributed by atoms with van der Waals surface area (Å²) in [5, 5.41) is 3.94. The molecular weight excluding hydrogens is 376 g/mol. The monoisotopic (exact) mass is 400 g/mol. The van der Waals surface area contributed by atoms with Gasteiger partial charge in [0.05, 0.1) is 0 Å². The lowest BCUT2D eigenvalue weighted by atomic mass is 10.0. The fourth-order valence-electron chi connectivity index (χ4n) is 3.59. The molecule has 4 rings (SSSR count). The minimum absolute atomic E-state index is 0.106. The van der Waals surface area contributed by atoms with E-state index in [9.17, 15) is 9.59 Å². The number of carbonyl (C=O) groups is 2. The number of benzene rings is 1. The molecule has 0 N–H and O–H groups in total. The van der Waals surface area contributed by atoms with Crippen molar-refractivity contribution in [2.24, 2.45) is 0 Å². The fourth-order valence-corrected chi connectivity index (χ4v) is 3.59. The first-order valence-electron chi connectivity index (χ1n) is 10.2. The minimum Gasteiger partial charge on any atom is -0.357 e. The van der Waals surface area contributed by atoms with Gasteiger partial charge in [0.25, 0.3) is 5.91 Å². The van der Waals surface area contributed by atoms with Crippen LogP contribution in [-0.4, -0.2) is 39.5 Å². The van der Waals surface area contributed by atoms with Gasteiger partial charge in [0, 0.05) is 42.8 Å². The number of aromatic nitrogens is 3. The predicted molar refractivity (Wildman–Crippen MR) is 117 cm³/mol. The standard InChI is InChI=1S/C24H24N4O2/c1-18(21-10-11-23(25-17-21)27-13-3-2-4-14-27)16-22(29)19-6-8-20(9-7-19)24(30)28-15-5-12-26-28/h5-12,15-17H,2-4,13-14H2,1H3. The molecule has 0 unspecified atom stereocenters. The highest BCUT2D eigenvalue weighted by molar-refractivity contribution is 6.08. The van der Waals surface area contributed by atoms with Crippen molar-refractivity contribution in [3.63, 3.8) is 0 Å². The largest absolute Gasteiger partial charge is 0.357 e. The van der Waals surface area contributed by atoms with Gasteiger partial charge in [-0.1, -0.05) is 12.1 Å².